The Kier molecular flexibility index (Phi) is 8.47. The summed E-state index contributed by atoms with van der Waals surface area (Å²) in [6.07, 6.45) is 9.78. The second kappa shape index (κ2) is 9.96. The van der Waals surface area contributed by atoms with Gasteiger partial charge >= 0.3 is 0 Å². The lowest BCUT2D eigenvalue weighted by molar-refractivity contribution is 0.389. The van der Waals surface area contributed by atoms with E-state index in [1.807, 2.05) is 0 Å². The average Bonchev–Trinajstić information content (AvgIpc) is 2.89. The highest BCUT2D eigenvalue weighted by Gasteiger charge is 2.12. The summed E-state index contributed by atoms with van der Waals surface area (Å²) in [5.74, 6) is 1.50. The number of rotatable bonds is 11. The molecule has 1 aromatic rings. The van der Waals surface area contributed by atoms with E-state index >= 15 is 0 Å². The van der Waals surface area contributed by atoms with E-state index < -0.39 is 0 Å². The van der Waals surface area contributed by atoms with Gasteiger partial charge in [-0.25, -0.2) is 0 Å². The van der Waals surface area contributed by atoms with Crippen molar-refractivity contribution in [3.63, 3.8) is 0 Å². The number of unbranched alkanes of at least 4 members (excludes halogenated alkanes) is 5. The van der Waals surface area contributed by atoms with Gasteiger partial charge in [0.15, 0.2) is 0 Å². The van der Waals surface area contributed by atoms with E-state index in [0.29, 0.717) is 0 Å². The fraction of sp³-hybridized carbons (Fsp3) is 0.867. The lowest BCUT2D eigenvalue weighted by Crippen LogP contribution is -2.19. The van der Waals surface area contributed by atoms with Crippen LogP contribution in [0.25, 0.3) is 0 Å². The number of hydrogen-bond donors (Lipinski definition) is 1. The molecule has 0 aliphatic carbocycles. The van der Waals surface area contributed by atoms with Crippen molar-refractivity contribution in [2.24, 2.45) is 0 Å². The molecule has 1 N–H and O–H groups in total. The summed E-state index contributed by atoms with van der Waals surface area (Å²) in [6.45, 7) is 7.44. The first kappa shape index (κ1) is 16.2. The lowest BCUT2D eigenvalue weighted by Gasteiger charge is -2.07. The predicted molar refractivity (Wildman–Crippen MR) is 78.1 cm³/mol. The van der Waals surface area contributed by atoms with Crippen LogP contribution in [0, 0.1) is 0 Å². The quantitative estimate of drug-likeness (QED) is 0.615. The van der Waals surface area contributed by atoms with Gasteiger partial charge in [-0.1, -0.05) is 46.0 Å². The fourth-order valence-electron chi connectivity index (χ4n) is 2.05. The highest BCUT2D eigenvalue weighted by atomic mass is 16.4. The minimum Gasteiger partial charge on any atom is -0.424 e. The first-order valence-corrected chi connectivity index (χ1v) is 7.83. The highest BCUT2D eigenvalue weighted by Crippen LogP contribution is 2.13. The smallest absolute Gasteiger partial charge is 0.233 e. The summed E-state index contributed by atoms with van der Waals surface area (Å²) >= 11 is 0. The number of aromatic nitrogens is 2. The standard InChI is InChI=1S/C15H29N3O/c1-4-6-7-8-9-10-11-14-17-18-15(19-14)13(3)16-12-5-2/h13,16H,4-12H2,1-3H3. The van der Waals surface area contributed by atoms with Crippen LogP contribution in [-0.2, 0) is 6.42 Å². The number of aryl methyl sites for hydroxylation is 1. The van der Waals surface area contributed by atoms with Gasteiger partial charge < -0.3 is 9.73 Å². The largest absolute Gasteiger partial charge is 0.424 e. The molecule has 1 unspecified atom stereocenters. The minimum absolute atomic E-state index is 0.158. The molecule has 1 aromatic heterocycles. The van der Waals surface area contributed by atoms with Crippen molar-refractivity contribution in [2.75, 3.05) is 6.54 Å². The monoisotopic (exact) mass is 267 g/mol. The third-order valence-electron chi connectivity index (χ3n) is 3.30. The van der Waals surface area contributed by atoms with Crippen LogP contribution in [0.1, 0.15) is 83.5 Å². The third-order valence-corrected chi connectivity index (χ3v) is 3.30. The maximum Gasteiger partial charge on any atom is 0.233 e. The van der Waals surface area contributed by atoms with Crippen LogP contribution in [0.4, 0.5) is 0 Å². The van der Waals surface area contributed by atoms with Crippen LogP contribution >= 0.6 is 0 Å². The van der Waals surface area contributed by atoms with Crippen LogP contribution in [0.5, 0.6) is 0 Å². The topological polar surface area (TPSA) is 51.0 Å². The molecular weight excluding hydrogens is 238 g/mol. The fourth-order valence-corrected chi connectivity index (χ4v) is 2.05. The van der Waals surface area contributed by atoms with Gasteiger partial charge in [0.25, 0.3) is 0 Å². The Labute approximate surface area is 117 Å². The molecule has 0 bridgehead atoms. The molecule has 0 spiro atoms. The first-order valence-electron chi connectivity index (χ1n) is 7.83. The van der Waals surface area contributed by atoms with Crippen LogP contribution in [0.15, 0.2) is 4.42 Å². The molecule has 0 aromatic carbocycles. The molecular formula is C15H29N3O. The zero-order chi connectivity index (χ0) is 13.9. The SMILES string of the molecule is CCCCCCCCc1nnc(C(C)NCCC)o1. The van der Waals surface area contributed by atoms with Crippen LogP contribution in [0.2, 0.25) is 0 Å². The van der Waals surface area contributed by atoms with E-state index in [9.17, 15) is 0 Å². The van der Waals surface area contributed by atoms with Gasteiger partial charge in [-0.05, 0) is 26.3 Å². The highest BCUT2D eigenvalue weighted by molar-refractivity contribution is 4.88. The van der Waals surface area contributed by atoms with Crippen molar-refractivity contribution in [1.82, 2.24) is 15.5 Å². The van der Waals surface area contributed by atoms with Crippen molar-refractivity contribution in [3.8, 4) is 0 Å². The van der Waals surface area contributed by atoms with Gasteiger partial charge in [0, 0.05) is 6.42 Å². The Morgan fingerprint density at radius 2 is 1.74 bits per heavy atom. The zero-order valence-electron chi connectivity index (χ0n) is 12.7. The van der Waals surface area contributed by atoms with E-state index in [1.54, 1.807) is 0 Å². The van der Waals surface area contributed by atoms with E-state index in [4.69, 9.17) is 4.42 Å². The van der Waals surface area contributed by atoms with Crippen molar-refractivity contribution in [3.05, 3.63) is 11.8 Å². The van der Waals surface area contributed by atoms with Crippen LogP contribution < -0.4 is 5.32 Å². The van der Waals surface area contributed by atoms with Crippen molar-refractivity contribution in [1.29, 1.82) is 0 Å². The molecule has 19 heavy (non-hydrogen) atoms. The maximum absolute atomic E-state index is 5.69. The second-order valence-electron chi connectivity index (χ2n) is 5.23. The molecule has 0 amide bonds. The molecule has 0 aliphatic rings. The predicted octanol–water partition coefficient (Wildman–Crippen LogP) is 4.03. The number of nitrogens with zero attached hydrogens (tertiary/aromatic N) is 2. The molecule has 1 atom stereocenters. The second-order valence-corrected chi connectivity index (χ2v) is 5.23. The lowest BCUT2D eigenvalue weighted by atomic mass is 10.1. The number of nitrogens with one attached hydrogen (secondary N) is 1. The summed E-state index contributed by atoms with van der Waals surface area (Å²) in [6, 6.07) is 0.158. The Balaban J connectivity index is 2.19. The summed E-state index contributed by atoms with van der Waals surface area (Å²) < 4.78 is 5.69. The van der Waals surface area contributed by atoms with Crippen LogP contribution in [-0.4, -0.2) is 16.7 Å². The van der Waals surface area contributed by atoms with Crippen molar-refractivity contribution >= 4 is 0 Å². The Bertz CT molecular complexity index is 325. The van der Waals surface area contributed by atoms with Gasteiger partial charge in [-0.3, -0.25) is 0 Å². The summed E-state index contributed by atoms with van der Waals surface area (Å²) in [7, 11) is 0. The zero-order valence-corrected chi connectivity index (χ0v) is 12.7. The molecule has 1 rings (SSSR count). The normalized spacial score (nSPS) is 12.8. The number of hydrogen-bond acceptors (Lipinski definition) is 4. The molecule has 0 saturated carbocycles. The van der Waals surface area contributed by atoms with Gasteiger partial charge in [0.05, 0.1) is 6.04 Å². The summed E-state index contributed by atoms with van der Waals surface area (Å²) in [4.78, 5) is 0. The molecule has 4 heteroatoms. The minimum atomic E-state index is 0.158. The van der Waals surface area contributed by atoms with E-state index in [1.165, 1.54) is 32.1 Å². The Morgan fingerprint density at radius 3 is 2.47 bits per heavy atom. The van der Waals surface area contributed by atoms with E-state index in [0.717, 1.165) is 37.6 Å². The van der Waals surface area contributed by atoms with Crippen molar-refractivity contribution < 1.29 is 4.42 Å². The molecule has 0 radical (unpaired) electrons. The molecule has 110 valence electrons. The Hall–Kier alpha value is -0.900. The van der Waals surface area contributed by atoms with Crippen molar-refractivity contribution in [2.45, 2.75) is 78.2 Å². The van der Waals surface area contributed by atoms with Crippen LogP contribution in [0.3, 0.4) is 0 Å². The summed E-state index contributed by atoms with van der Waals surface area (Å²) in [5, 5.41) is 11.6. The third kappa shape index (κ3) is 6.71. The molecule has 0 saturated heterocycles. The summed E-state index contributed by atoms with van der Waals surface area (Å²) in [5.41, 5.74) is 0. The van der Waals surface area contributed by atoms with Gasteiger partial charge in [0.1, 0.15) is 0 Å². The van der Waals surface area contributed by atoms with E-state index in [2.05, 4.69) is 36.3 Å². The van der Waals surface area contributed by atoms with Gasteiger partial charge in [-0.15, -0.1) is 10.2 Å². The first-order chi connectivity index (χ1) is 9.27. The molecule has 0 aliphatic heterocycles. The van der Waals surface area contributed by atoms with Gasteiger partial charge in [0.2, 0.25) is 11.8 Å². The molecule has 4 nitrogen and oxygen atoms in total. The molecule has 0 fully saturated rings. The maximum atomic E-state index is 5.69. The van der Waals surface area contributed by atoms with E-state index in [-0.39, 0.29) is 6.04 Å². The Morgan fingerprint density at radius 1 is 1.00 bits per heavy atom. The van der Waals surface area contributed by atoms with Gasteiger partial charge in [-0.2, -0.15) is 0 Å². The molecule has 1 heterocycles. The average molecular weight is 267 g/mol.